The summed E-state index contributed by atoms with van der Waals surface area (Å²) < 4.78 is 0. The van der Waals surface area contributed by atoms with Crippen molar-refractivity contribution in [1.82, 2.24) is 0 Å². The summed E-state index contributed by atoms with van der Waals surface area (Å²) in [4.78, 5) is 21.7. The maximum Gasteiger partial charge on any atom is 0.158 e. The number of hydrogen-bond donors (Lipinski definition) is 0. The Labute approximate surface area is 73.7 Å². The van der Waals surface area contributed by atoms with Gasteiger partial charge in [0.05, 0.1) is 0 Å². The van der Waals surface area contributed by atoms with Gasteiger partial charge in [-0.3, -0.25) is 4.79 Å². The van der Waals surface area contributed by atoms with Gasteiger partial charge < -0.3 is 4.79 Å². The summed E-state index contributed by atoms with van der Waals surface area (Å²) in [6, 6.07) is 0. The molecule has 0 radical (unpaired) electrons. The maximum absolute atomic E-state index is 11.1. The molecule has 0 fully saturated rings. The van der Waals surface area contributed by atoms with Gasteiger partial charge in [0.15, 0.2) is 5.78 Å². The first-order valence-electron chi connectivity index (χ1n) is 4.28. The van der Waals surface area contributed by atoms with E-state index in [1.54, 1.807) is 0 Å². The van der Waals surface area contributed by atoms with E-state index in [-0.39, 0.29) is 11.6 Å². The molecule has 0 atom stereocenters. The second kappa shape index (κ2) is 5.70. The molecule has 0 aromatic heterocycles. The van der Waals surface area contributed by atoms with Crippen LogP contribution in [0.25, 0.3) is 0 Å². The average molecular weight is 168 g/mol. The highest BCUT2D eigenvalue weighted by Gasteiger charge is 2.06. The van der Waals surface area contributed by atoms with Gasteiger partial charge in [0, 0.05) is 12.8 Å². The smallest absolute Gasteiger partial charge is 0.158 e. The largest absolute Gasteiger partial charge is 0.300 e. The molecule has 2 nitrogen and oxygen atoms in total. The van der Waals surface area contributed by atoms with Crippen LogP contribution in [0.4, 0.5) is 0 Å². The minimum Gasteiger partial charge on any atom is -0.300 e. The molecule has 12 heavy (non-hydrogen) atoms. The molecule has 0 rings (SSSR count). The molecule has 0 aliphatic heterocycles. The molecule has 0 heterocycles. The molecule has 0 aromatic rings. The van der Waals surface area contributed by atoms with E-state index >= 15 is 0 Å². The van der Waals surface area contributed by atoms with Gasteiger partial charge in [-0.2, -0.15) is 0 Å². The third kappa shape index (κ3) is 4.83. The van der Waals surface area contributed by atoms with Crippen LogP contribution in [0, 0.1) is 0 Å². The lowest BCUT2D eigenvalue weighted by Gasteiger charge is -2.00. The highest BCUT2D eigenvalue weighted by atomic mass is 16.1. The molecule has 0 unspecified atom stereocenters. The van der Waals surface area contributed by atoms with Gasteiger partial charge in [0.2, 0.25) is 0 Å². The van der Waals surface area contributed by atoms with E-state index in [0.29, 0.717) is 24.8 Å². The number of ketones is 2. The van der Waals surface area contributed by atoms with Crippen molar-refractivity contribution in [3.05, 3.63) is 12.2 Å². The summed E-state index contributed by atoms with van der Waals surface area (Å²) in [5, 5.41) is 0. The lowest BCUT2D eigenvalue weighted by molar-refractivity contribution is -0.117. The summed E-state index contributed by atoms with van der Waals surface area (Å²) in [5.41, 5.74) is 0.590. The van der Waals surface area contributed by atoms with Crippen LogP contribution in [0.3, 0.4) is 0 Å². The number of carbonyl (C=O) groups excluding carboxylic acids is 2. The van der Waals surface area contributed by atoms with Crippen LogP contribution in [0.15, 0.2) is 12.2 Å². The molecule has 0 saturated carbocycles. The Bertz CT molecular complexity index is 192. The first kappa shape index (κ1) is 11.1. The van der Waals surface area contributed by atoms with Crippen LogP contribution >= 0.6 is 0 Å². The van der Waals surface area contributed by atoms with E-state index < -0.39 is 0 Å². The molecule has 0 N–H and O–H groups in total. The van der Waals surface area contributed by atoms with Crippen LogP contribution in [-0.2, 0) is 9.59 Å². The second-order valence-corrected chi connectivity index (χ2v) is 2.98. The average Bonchev–Trinajstić information content (AvgIpc) is 2.00. The molecular weight excluding hydrogens is 152 g/mol. The van der Waals surface area contributed by atoms with Crippen molar-refractivity contribution < 1.29 is 9.59 Å². The highest BCUT2D eigenvalue weighted by molar-refractivity contribution is 5.95. The minimum atomic E-state index is 0.0961. The van der Waals surface area contributed by atoms with Crippen molar-refractivity contribution in [2.75, 3.05) is 0 Å². The Kier molecular flexibility index (Phi) is 5.26. The van der Waals surface area contributed by atoms with Crippen molar-refractivity contribution in [2.45, 2.75) is 39.5 Å². The number of carbonyl (C=O) groups is 2. The SMILES string of the molecule is C=C(CCC(C)=O)C(=O)CCC. The van der Waals surface area contributed by atoms with Crippen molar-refractivity contribution in [3.8, 4) is 0 Å². The summed E-state index contributed by atoms with van der Waals surface area (Å²) in [6.45, 7) is 7.12. The van der Waals surface area contributed by atoms with E-state index in [4.69, 9.17) is 0 Å². The number of Topliss-reactive ketones (excluding diaryl/α,β-unsaturated/α-hetero) is 2. The Hall–Kier alpha value is -0.920. The van der Waals surface area contributed by atoms with Gasteiger partial charge >= 0.3 is 0 Å². The summed E-state index contributed by atoms with van der Waals surface area (Å²) in [7, 11) is 0. The molecule has 0 spiro atoms. The van der Waals surface area contributed by atoms with E-state index in [2.05, 4.69) is 6.58 Å². The first-order valence-corrected chi connectivity index (χ1v) is 4.28. The summed E-state index contributed by atoms with van der Waals surface area (Å²) in [6.07, 6.45) is 2.36. The van der Waals surface area contributed by atoms with Crippen molar-refractivity contribution >= 4 is 11.6 Å². The van der Waals surface area contributed by atoms with Crippen molar-refractivity contribution in [1.29, 1.82) is 0 Å². The van der Waals surface area contributed by atoms with Crippen LogP contribution in [-0.4, -0.2) is 11.6 Å². The van der Waals surface area contributed by atoms with Gasteiger partial charge in [-0.15, -0.1) is 0 Å². The summed E-state index contributed by atoms with van der Waals surface area (Å²) >= 11 is 0. The second-order valence-electron chi connectivity index (χ2n) is 2.98. The van der Waals surface area contributed by atoms with Crippen LogP contribution < -0.4 is 0 Å². The molecule has 68 valence electrons. The fraction of sp³-hybridized carbons (Fsp3) is 0.600. The van der Waals surface area contributed by atoms with Crippen LogP contribution in [0.1, 0.15) is 39.5 Å². The maximum atomic E-state index is 11.1. The monoisotopic (exact) mass is 168 g/mol. The minimum absolute atomic E-state index is 0.0961. The van der Waals surface area contributed by atoms with Crippen LogP contribution in [0.2, 0.25) is 0 Å². The standard InChI is InChI=1S/C10H16O2/c1-4-5-10(12)8(2)6-7-9(3)11/h2,4-7H2,1,3H3. The Morgan fingerprint density at radius 3 is 2.17 bits per heavy atom. The number of hydrogen-bond acceptors (Lipinski definition) is 2. The first-order chi connectivity index (χ1) is 5.57. The highest BCUT2D eigenvalue weighted by Crippen LogP contribution is 2.07. The number of allylic oxidation sites excluding steroid dienone is 1. The predicted octanol–water partition coefficient (Wildman–Crippen LogP) is 2.28. The zero-order valence-electron chi connectivity index (χ0n) is 7.85. The van der Waals surface area contributed by atoms with Gasteiger partial charge in [-0.05, 0) is 25.3 Å². The Balaban J connectivity index is 3.72. The van der Waals surface area contributed by atoms with E-state index in [1.165, 1.54) is 6.92 Å². The van der Waals surface area contributed by atoms with Gasteiger partial charge in [0.25, 0.3) is 0 Å². The molecule has 0 aromatic carbocycles. The molecular formula is C10H16O2. The zero-order valence-corrected chi connectivity index (χ0v) is 7.85. The molecule has 0 aliphatic carbocycles. The zero-order chi connectivity index (χ0) is 9.56. The van der Waals surface area contributed by atoms with E-state index in [1.807, 2.05) is 6.92 Å². The fourth-order valence-corrected chi connectivity index (χ4v) is 0.870. The topological polar surface area (TPSA) is 34.1 Å². The Morgan fingerprint density at radius 2 is 1.75 bits per heavy atom. The van der Waals surface area contributed by atoms with Gasteiger partial charge in [-0.25, -0.2) is 0 Å². The van der Waals surface area contributed by atoms with Gasteiger partial charge in [0.1, 0.15) is 5.78 Å². The number of rotatable bonds is 6. The summed E-state index contributed by atoms with van der Waals surface area (Å²) in [5.74, 6) is 0.208. The van der Waals surface area contributed by atoms with Gasteiger partial charge in [-0.1, -0.05) is 13.5 Å². The molecule has 0 amide bonds. The molecule has 0 bridgehead atoms. The third-order valence-electron chi connectivity index (χ3n) is 1.65. The lowest BCUT2D eigenvalue weighted by Crippen LogP contribution is -2.02. The van der Waals surface area contributed by atoms with Crippen molar-refractivity contribution in [3.63, 3.8) is 0 Å². The predicted molar refractivity (Wildman–Crippen MR) is 49.0 cm³/mol. The van der Waals surface area contributed by atoms with E-state index in [0.717, 1.165) is 6.42 Å². The van der Waals surface area contributed by atoms with Crippen LogP contribution in [0.5, 0.6) is 0 Å². The third-order valence-corrected chi connectivity index (χ3v) is 1.65. The normalized spacial score (nSPS) is 9.50. The molecule has 0 saturated heterocycles. The lowest BCUT2D eigenvalue weighted by atomic mass is 10.0. The molecule has 0 aliphatic rings. The van der Waals surface area contributed by atoms with E-state index in [9.17, 15) is 9.59 Å². The van der Waals surface area contributed by atoms with Crippen molar-refractivity contribution in [2.24, 2.45) is 0 Å². The Morgan fingerprint density at radius 1 is 1.17 bits per heavy atom. The molecule has 2 heteroatoms. The quantitative estimate of drug-likeness (QED) is 0.570. The fourth-order valence-electron chi connectivity index (χ4n) is 0.870.